The van der Waals surface area contributed by atoms with Gasteiger partial charge in [0.05, 0.1) is 10.3 Å². The average molecular weight is 224 g/mol. The second kappa shape index (κ2) is 6.45. The van der Waals surface area contributed by atoms with Crippen molar-refractivity contribution in [2.24, 2.45) is 0 Å². The summed E-state index contributed by atoms with van der Waals surface area (Å²) in [5.41, 5.74) is 0. The van der Waals surface area contributed by atoms with Crippen LogP contribution < -0.4 is 5.32 Å². The molecule has 0 saturated carbocycles. The lowest BCUT2D eigenvalue weighted by Crippen LogP contribution is -2.31. The molecule has 0 fully saturated rings. The van der Waals surface area contributed by atoms with E-state index in [1.165, 1.54) is 11.8 Å². The molecule has 0 saturated heterocycles. The highest BCUT2D eigenvalue weighted by Gasteiger charge is 2.13. The largest absolute Gasteiger partial charge is 0.355 e. The summed E-state index contributed by atoms with van der Waals surface area (Å²) in [6, 6.07) is 5.70. The highest BCUT2D eigenvalue weighted by molar-refractivity contribution is 8.00. The van der Waals surface area contributed by atoms with E-state index in [1.54, 1.807) is 6.20 Å². The fourth-order valence-corrected chi connectivity index (χ4v) is 1.87. The summed E-state index contributed by atoms with van der Waals surface area (Å²) in [5.74, 6) is 0.0764. The Kier molecular flexibility index (Phi) is 5.18. The Morgan fingerprint density at radius 1 is 1.60 bits per heavy atom. The van der Waals surface area contributed by atoms with Gasteiger partial charge in [-0.3, -0.25) is 4.79 Å². The van der Waals surface area contributed by atoms with Crippen molar-refractivity contribution in [2.45, 2.75) is 30.5 Å². The van der Waals surface area contributed by atoms with Crippen LogP contribution in [-0.2, 0) is 4.79 Å². The van der Waals surface area contributed by atoms with E-state index < -0.39 is 0 Å². The van der Waals surface area contributed by atoms with Crippen molar-refractivity contribution in [1.29, 1.82) is 0 Å². The van der Waals surface area contributed by atoms with Crippen LogP contribution in [0.1, 0.15) is 20.3 Å². The molecule has 0 aromatic carbocycles. The third-order valence-corrected chi connectivity index (χ3v) is 2.90. The zero-order chi connectivity index (χ0) is 11.1. The summed E-state index contributed by atoms with van der Waals surface area (Å²) in [4.78, 5) is 15.7. The highest BCUT2D eigenvalue weighted by Crippen LogP contribution is 2.20. The van der Waals surface area contributed by atoms with Gasteiger partial charge in [0.25, 0.3) is 0 Å². The summed E-state index contributed by atoms with van der Waals surface area (Å²) < 4.78 is 0. The number of pyridine rings is 1. The third-order valence-electron chi connectivity index (χ3n) is 1.85. The fraction of sp³-hybridized carbons (Fsp3) is 0.455. The first-order valence-corrected chi connectivity index (χ1v) is 5.97. The Labute approximate surface area is 94.7 Å². The van der Waals surface area contributed by atoms with Gasteiger partial charge in [-0.05, 0) is 25.5 Å². The molecule has 1 aromatic rings. The van der Waals surface area contributed by atoms with E-state index in [1.807, 2.05) is 32.0 Å². The number of amides is 1. The van der Waals surface area contributed by atoms with Gasteiger partial charge in [-0.2, -0.15) is 0 Å². The SMILES string of the molecule is CCCNC(=O)[C@H](C)Sc1ccccn1. The van der Waals surface area contributed by atoms with Crippen LogP contribution in [-0.4, -0.2) is 22.7 Å². The molecule has 1 atom stereocenters. The molecule has 0 unspecified atom stereocenters. The summed E-state index contributed by atoms with van der Waals surface area (Å²) in [6.07, 6.45) is 2.70. The Morgan fingerprint density at radius 2 is 2.40 bits per heavy atom. The normalized spacial score (nSPS) is 12.1. The molecule has 0 aliphatic carbocycles. The molecule has 0 aliphatic rings. The smallest absolute Gasteiger partial charge is 0.233 e. The van der Waals surface area contributed by atoms with Gasteiger partial charge in [0.1, 0.15) is 0 Å². The zero-order valence-corrected chi connectivity index (χ0v) is 9.88. The number of hydrogen-bond acceptors (Lipinski definition) is 3. The Balaban J connectivity index is 2.41. The van der Waals surface area contributed by atoms with Gasteiger partial charge < -0.3 is 5.32 Å². The van der Waals surface area contributed by atoms with E-state index in [9.17, 15) is 4.79 Å². The number of nitrogens with zero attached hydrogens (tertiary/aromatic N) is 1. The molecule has 82 valence electrons. The summed E-state index contributed by atoms with van der Waals surface area (Å²) in [6.45, 7) is 4.67. The lowest BCUT2D eigenvalue weighted by Gasteiger charge is -2.10. The predicted molar refractivity (Wildman–Crippen MR) is 62.9 cm³/mol. The van der Waals surface area contributed by atoms with Crippen LogP contribution in [0.25, 0.3) is 0 Å². The molecular weight excluding hydrogens is 208 g/mol. The van der Waals surface area contributed by atoms with Gasteiger partial charge in [-0.25, -0.2) is 4.98 Å². The average Bonchev–Trinajstić information content (AvgIpc) is 2.27. The van der Waals surface area contributed by atoms with Crippen LogP contribution in [0.4, 0.5) is 0 Å². The molecule has 1 aromatic heterocycles. The molecule has 15 heavy (non-hydrogen) atoms. The Hall–Kier alpha value is -1.03. The van der Waals surface area contributed by atoms with Crippen LogP contribution in [0.15, 0.2) is 29.4 Å². The van der Waals surface area contributed by atoms with E-state index in [0.717, 1.165) is 18.0 Å². The summed E-state index contributed by atoms with van der Waals surface area (Å²) in [5, 5.41) is 3.66. The van der Waals surface area contributed by atoms with Crippen molar-refractivity contribution in [3.8, 4) is 0 Å². The number of carbonyl (C=O) groups is 1. The van der Waals surface area contributed by atoms with Gasteiger partial charge in [0.15, 0.2) is 0 Å². The lowest BCUT2D eigenvalue weighted by molar-refractivity contribution is -0.120. The van der Waals surface area contributed by atoms with Crippen LogP contribution >= 0.6 is 11.8 Å². The van der Waals surface area contributed by atoms with Gasteiger partial charge in [0, 0.05) is 12.7 Å². The van der Waals surface area contributed by atoms with E-state index in [0.29, 0.717) is 0 Å². The first-order valence-electron chi connectivity index (χ1n) is 5.09. The van der Waals surface area contributed by atoms with Crippen molar-refractivity contribution in [3.05, 3.63) is 24.4 Å². The monoisotopic (exact) mass is 224 g/mol. The fourth-order valence-electron chi connectivity index (χ4n) is 1.04. The van der Waals surface area contributed by atoms with Crippen LogP contribution in [0.5, 0.6) is 0 Å². The molecule has 4 heteroatoms. The van der Waals surface area contributed by atoms with Crippen molar-refractivity contribution >= 4 is 17.7 Å². The first-order chi connectivity index (χ1) is 7.24. The van der Waals surface area contributed by atoms with Crippen molar-refractivity contribution < 1.29 is 4.79 Å². The second-order valence-corrected chi connectivity index (χ2v) is 4.58. The first kappa shape index (κ1) is 12.0. The number of carbonyl (C=O) groups excluding carboxylic acids is 1. The maximum Gasteiger partial charge on any atom is 0.233 e. The molecule has 0 radical (unpaired) electrons. The third kappa shape index (κ3) is 4.34. The molecule has 1 heterocycles. The Bertz CT molecular complexity index is 303. The van der Waals surface area contributed by atoms with Crippen LogP contribution in [0, 0.1) is 0 Å². The summed E-state index contributed by atoms with van der Waals surface area (Å²) in [7, 11) is 0. The Morgan fingerprint density at radius 3 is 3.00 bits per heavy atom. The molecule has 1 amide bonds. The lowest BCUT2D eigenvalue weighted by atomic mass is 10.4. The number of hydrogen-bond donors (Lipinski definition) is 1. The minimum atomic E-state index is -0.0913. The van der Waals surface area contributed by atoms with Crippen LogP contribution in [0.3, 0.4) is 0 Å². The molecular formula is C11H16N2OS. The predicted octanol–water partition coefficient (Wildman–Crippen LogP) is 2.09. The van der Waals surface area contributed by atoms with Gasteiger partial charge >= 0.3 is 0 Å². The number of rotatable bonds is 5. The molecule has 3 nitrogen and oxygen atoms in total. The topological polar surface area (TPSA) is 42.0 Å². The maximum atomic E-state index is 11.5. The second-order valence-electron chi connectivity index (χ2n) is 3.22. The van der Waals surface area contributed by atoms with E-state index in [4.69, 9.17) is 0 Å². The molecule has 1 rings (SSSR count). The van der Waals surface area contributed by atoms with Gasteiger partial charge in [-0.1, -0.05) is 24.8 Å². The number of aromatic nitrogens is 1. The standard InChI is InChI=1S/C11H16N2OS/c1-3-7-13-11(14)9(2)15-10-6-4-5-8-12-10/h4-6,8-9H,3,7H2,1-2H3,(H,13,14)/t9-/m0/s1. The minimum Gasteiger partial charge on any atom is -0.355 e. The number of nitrogens with one attached hydrogen (secondary N) is 1. The number of thioether (sulfide) groups is 1. The van der Waals surface area contributed by atoms with E-state index in [2.05, 4.69) is 10.3 Å². The quantitative estimate of drug-likeness (QED) is 0.779. The zero-order valence-electron chi connectivity index (χ0n) is 9.06. The highest BCUT2D eigenvalue weighted by atomic mass is 32.2. The van der Waals surface area contributed by atoms with E-state index in [-0.39, 0.29) is 11.2 Å². The molecule has 0 aliphatic heterocycles. The minimum absolute atomic E-state index is 0.0764. The van der Waals surface area contributed by atoms with Crippen molar-refractivity contribution in [1.82, 2.24) is 10.3 Å². The molecule has 0 spiro atoms. The van der Waals surface area contributed by atoms with E-state index >= 15 is 0 Å². The van der Waals surface area contributed by atoms with Gasteiger partial charge in [0.2, 0.25) is 5.91 Å². The van der Waals surface area contributed by atoms with Crippen molar-refractivity contribution in [3.63, 3.8) is 0 Å². The molecule has 1 N–H and O–H groups in total. The van der Waals surface area contributed by atoms with Gasteiger partial charge in [-0.15, -0.1) is 0 Å². The summed E-state index contributed by atoms with van der Waals surface area (Å²) >= 11 is 1.48. The maximum absolute atomic E-state index is 11.5. The van der Waals surface area contributed by atoms with Crippen LogP contribution in [0.2, 0.25) is 0 Å². The molecule has 0 bridgehead atoms. The van der Waals surface area contributed by atoms with Crippen molar-refractivity contribution in [2.75, 3.05) is 6.54 Å².